The number of aliphatic imine (C=N–C) groups is 1. The van der Waals surface area contributed by atoms with Crippen molar-refractivity contribution in [3.05, 3.63) is 47.8 Å². The molecule has 0 radical (unpaired) electrons. The van der Waals surface area contributed by atoms with E-state index in [1.54, 1.807) is 0 Å². The zero-order valence-electron chi connectivity index (χ0n) is 17.5. The van der Waals surface area contributed by atoms with Crippen LogP contribution in [0.25, 0.3) is 0 Å². The second kappa shape index (κ2) is 10.2. The Labute approximate surface area is 169 Å². The van der Waals surface area contributed by atoms with Gasteiger partial charge in [-0.05, 0) is 63.3 Å². The summed E-state index contributed by atoms with van der Waals surface area (Å²) < 4.78 is 1.98. The van der Waals surface area contributed by atoms with Gasteiger partial charge in [-0.1, -0.05) is 12.1 Å². The molecule has 0 spiro atoms. The van der Waals surface area contributed by atoms with Crippen LogP contribution in [0.2, 0.25) is 0 Å². The number of guanidine groups is 1. The van der Waals surface area contributed by atoms with Crippen LogP contribution in [0.5, 0.6) is 0 Å². The van der Waals surface area contributed by atoms with E-state index in [4.69, 9.17) is 4.99 Å². The van der Waals surface area contributed by atoms with E-state index in [0.29, 0.717) is 0 Å². The molecule has 1 fully saturated rings. The minimum absolute atomic E-state index is 0.203. The Morgan fingerprint density at radius 3 is 2.82 bits per heavy atom. The van der Waals surface area contributed by atoms with Gasteiger partial charge in [0.1, 0.15) is 0 Å². The van der Waals surface area contributed by atoms with Crippen molar-refractivity contribution in [2.45, 2.75) is 52.6 Å². The fourth-order valence-electron chi connectivity index (χ4n) is 3.59. The molecule has 2 aromatic rings. The molecule has 1 aromatic carbocycles. The molecule has 1 aliphatic rings. The minimum atomic E-state index is 0.203. The van der Waals surface area contributed by atoms with Crippen molar-refractivity contribution in [1.82, 2.24) is 20.4 Å². The molecule has 1 atom stereocenters. The lowest BCUT2D eigenvalue weighted by atomic mass is 10.1. The van der Waals surface area contributed by atoms with Crippen LogP contribution < -0.4 is 15.5 Å². The molecule has 1 aromatic heterocycles. The maximum absolute atomic E-state index is 4.74. The highest BCUT2D eigenvalue weighted by atomic mass is 15.3. The molecule has 28 heavy (non-hydrogen) atoms. The standard InChI is InChI=1S/C22H34N6/c1-4-23-22(24-11-8-14-28-17-18(2)16-25-28)26-19(3)20-9-7-10-21(15-20)27-12-5-6-13-27/h7,9-10,15-17,19H,4-6,8,11-14H2,1-3H3,(H2,23,24,26). The zero-order valence-corrected chi connectivity index (χ0v) is 17.5. The maximum Gasteiger partial charge on any atom is 0.191 e. The Morgan fingerprint density at radius 2 is 2.11 bits per heavy atom. The summed E-state index contributed by atoms with van der Waals surface area (Å²) in [5.41, 5.74) is 3.82. The van der Waals surface area contributed by atoms with Crippen molar-refractivity contribution in [2.24, 2.45) is 4.99 Å². The Hall–Kier alpha value is -2.50. The van der Waals surface area contributed by atoms with E-state index in [2.05, 4.69) is 71.9 Å². The number of aromatic nitrogens is 2. The number of benzene rings is 1. The first kappa shape index (κ1) is 20.2. The lowest BCUT2D eigenvalue weighted by Crippen LogP contribution is -2.38. The molecule has 1 aliphatic heterocycles. The summed E-state index contributed by atoms with van der Waals surface area (Å²) in [5.74, 6) is 0.873. The summed E-state index contributed by atoms with van der Waals surface area (Å²) in [5, 5.41) is 11.2. The largest absolute Gasteiger partial charge is 0.372 e. The molecule has 152 valence electrons. The van der Waals surface area contributed by atoms with Crippen LogP contribution in [0.15, 0.2) is 41.7 Å². The maximum atomic E-state index is 4.74. The average Bonchev–Trinajstić information content (AvgIpc) is 3.37. The van der Waals surface area contributed by atoms with Crippen molar-refractivity contribution in [2.75, 3.05) is 31.1 Å². The van der Waals surface area contributed by atoms with Crippen LogP contribution in [0.4, 0.5) is 5.69 Å². The van der Waals surface area contributed by atoms with E-state index < -0.39 is 0 Å². The van der Waals surface area contributed by atoms with E-state index in [0.717, 1.165) is 32.0 Å². The van der Waals surface area contributed by atoms with Crippen molar-refractivity contribution in [1.29, 1.82) is 0 Å². The summed E-state index contributed by atoms with van der Waals surface area (Å²) in [7, 11) is 0. The highest BCUT2D eigenvalue weighted by Crippen LogP contribution is 2.23. The van der Waals surface area contributed by atoms with Crippen LogP contribution >= 0.6 is 0 Å². The number of aryl methyl sites for hydroxylation is 2. The van der Waals surface area contributed by atoms with Gasteiger partial charge in [-0.25, -0.2) is 0 Å². The fraction of sp³-hybridized carbons (Fsp3) is 0.545. The predicted molar refractivity (Wildman–Crippen MR) is 117 cm³/mol. The van der Waals surface area contributed by atoms with Crippen LogP contribution in [-0.4, -0.2) is 41.9 Å². The quantitative estimate of drug-likeness (QED) is 0.417. The van der Waals surface area contributed by atoms with Crippen LogP contribution in [0, 0.1) is 6.92 Å². The Bertz CT molecular complexity index is 760. The van der Waals surface area contributed by atoms with E-state index in [9.17, 15) is 0 Å². The van der Waals surface area contributed by atoms with Crippen molar-refractivity contribution in [3.63, 3.8) is 0 Å². The summed E-state index contributed by atoms with van der Waals surface area (Å²) >= 11 is 0. The van der Waals surface area contributed by atoms with Gasteiger partial charge in [-0.15, -0.1) is 0 Å². The zero-order chi connectivity index (χ0) is 19.8. The number of rotatable bonds is 8. The molecule has 1 saturated heterocycles. The molecule has 0 saturated carbocycles. The normalized spacial score (nSPS) is 15.7. The van der Waals surface area contributed by atoms with Crippen LogP contribution in [-0.2, 0) is 6.54 Å². The number of nitrogens with one attached hydrogen (secondary N) is 2. The Morgan fingerprint density at radius 1 is 1.29 bits per heavy atom. The van der Waals surface area contributed by atoms with Gasteiger partial charge in [-0.2, -0.15) is 5.10 Å². The molecule has 0 aliphatic carbocycles. The third-order valence-electron chi connectivity index (χ3n) is 5.12. The molecular weight excluding hydrogens is 348 g/mol. The lowest BCUT2D eigenvalue weighted by Gasteiger charge is -2.22. The van der Waals surface area contributed by atoms with Gasteiger partial charge < -0.3 is 15.5 Å². The molecular formula is C22H34N6. The van der Waals surface area contributed by atoms with Gasteiger partial charge in [-0.3, -0.25) is 9.67 Å². The van der Waals surface area contributed by atoms with E-state index in [-0.39, 0.29) is 6.04 Å². The second-order valence-electron chi connectivity index (χ2n) is 7.55. The third-order valence-corrected chi connectivity index (χ3v) is 5.12. The monoisotopic (exact) mass is 382 g/mol. The summed E-state index contributed by atoms with van der Waals surface area (Å²) in [6, 6.07) is 9.09. The van der Waals surface area contributed by atoms with Crippen LogP contribution in [0.1, 0.15) is 50.3 Å². The van der Waals surface area contributed by atoms with Crippen molar-refractivity contribution >= 4 is 11.6 Å². The van der Waals surface area contributed by atoms with E-state index in [1.165, 1.54) is 42.7 Å². The van der Waals surface area contributed by atoms with Crippen molar-refractivity contribution < 1.29 is 0 Å². The molecule has 6 nitrogen and oxygen atoms in total. The molecule has 1 unspecified atom stereocenters. The summed E-state index contributed by atoms with van der Waals surface area (Å²) in [6.07, 6.45) is 7.53. The first-order valence-electron chi connectivity index (χ1n) is 10.5. The summed E-state index contributed by atoms with van der Waals surface area (Å²) in [4.78, 5) is 7.22. The Kier molecular flexibility index (Phi) is 7.34. The molecule has 0 bridgehead atoms. The van der Waals surface area contributed by atoms with Gasteiger partial charge in [0, 0.05) is 44.6 Å². The molecule has 6 heteroatoms. The molecule has 0 amide bonds. The van der Waals surface area contributed by atoms with E-state index >= 15 is 0 Å². The van der Waals surface area contributed by atoms with Gasteiger partial charge in [0.05, 0.1) is 12.2 Å². The lowest BCUT2D eigenvalue weighted by molar-refractivity contribution is 0.582. The minimum Gasteiger partial charge on any atom is -0.372 e. The Balaban J connectivity index is 1.55. The van der Waals surface area contributed by atoms with Gasteiger partial charge >= 0.3 is 0 Å². The topological polar surface area (TPSA) is 57.5 Å². The van der Waals surface area contributed by atoms with Crippen molar-refractivity contribution in [3.8, 4) is 0 Å². The highest BCUT2D eigenvalue weighted by Gasteiger charge is 2.14. The van der Waals surface area contributed by atoms with E-state index in [1.807, 2.05) is 10.9 Å². The van der Waals surface area contributed by atoms with Gasteiger partial charge in [0.25, 0.3) is 0 Å². The smallest absolute Gasteiger partial charge is 0.191 e. The molecule has 3 rings (SSSR count). The number of hydrogen-bond acceptors (Lipinski definition) is 3. The molecule has 2 heterocycles. The second-order valence-corrected chi connectivity index (χ2v) is 7.55. The third kappa shape index (κ3) is 5.75. The predicted octanol–water partition coefficient (Wildman–Crippen LogP) is 3.50. The number of nitrogens with zero attached hydrogens (tertiary/aromatic N) is 4. The van der Waals surface area contributed by atoms with Crippen LogP contribution in [0.3, 0.4) is 0 Å². The van der Waals surface area contributed by atoms with Gasteiger partial charge in [0.15, 0.2) is 5.96 Å². The number of hydrogen-bond donors (Lipinski definition) is 2. The molecule has 2 N–H and O–H groups in total. The van der Waals surface area contributed by atoms with Gasteiger partial charge in [0.2, 0.25) is 0 Å². The fourth-order valence-corrected chi connectivity index (χ4v) is 3.59. The first-order valence-corrected chi connectivity index (χ1v) is 10.5. The summed E-state index contributed by atoms with van der Waals surface area (Å²) in [6.45, 7) is 11.2. The number of anilines is 1. The average molecular weight is 383 g/mol. The SMILES string of the molecule is CCNC(=NCCCn1cc(C)cn1)NC(C)c1cccc(N2CCCC2)c1. The first-order chi connectivity index (χ1) is 13.7. The highest BCUT2D eigenvalue weighted by molar-refractivity contribution is 5.80.